The van der Waals surface area contributed by atoms with Gasteiger partial charge in [-0.2, -0.15) is 0 Å². The smallest absolute Gasteiger partial charge is 0.329 e. The maximum absolute atomic E-state index is 13.4. The van der Waals surface area contributed by atoms with Crippen molar-refractivity contribution in [2.24, 2.45) is 0 Å². The van der Waals surface area contributed by atoms with Gasteiger partial charge in [0.25, 0.3) is 0 Å². The lowest BCUT2D eigenvalue weighted by Gasteiger charge is -2.30. The number of nitrogens with zero attached hydrogens (tertiary/aromatic N) is 3. The van der Waals surface area contributed by atoms with Crippen LogP contribution < -0.4 is 0 Å². The molecule has 1 atom stereocenters. The number of hydrogen-bond acceptors (Lipinski definition) is 4. The summed E-state index contributed by atoms with van der Waals surface area (Å²) in [4.78, 5) is 32.6. The van der Waals surface area contributed by atoms with E-state index in [4.69, 9.17) is 4.74 Å². The molecule has 1 fully saturated rings. The number of pyridine rings is 1. The predicted octanol–water partition coefficient (Wildman–Crippen LogP) is 3.35. The average Bonchev–Trinajstić information content (AvgIpc) is 3.47. The van der Waals surface area contributed by atoms with Gasteiger partial charge in [-0.15, -0.1) is 0 Å². The number of fused-ring (bicyclic) bond motifs is 1. The van der Waals surface area contributed by atoms with E-state index in [1.807, 2.05) is 66.2 Å². The number of rotatable bonds is 8. The Labute approximate surface area is 176 Å². The van der Waals surface area contributed by atoms with E-state index in [0.717, 1.165) is 29.6 Å². The molecule has 1 unspecified atom stereocenters. The van der Waals surface area contributed by atoms with Crippen LogP contribution in [0, 0.1) is 6.92 Å². The molecule has 6 nitrogen and oxygen atoms in total. The van der Waals surface area contributed by atoms with Crippen molar-refractivity contribution in [2.75, 3.05) is 6.61 Å². The molecule has 0 bridgehead atoms. The minimum Gasteiger partial charge on any atom is -0.464 e. The first kappa shape index (κ1) is 20.1. The number of carbonyl (C=O) groups excluding carboxylic acids is 2. The van der Waals surface area contributed by atoms with E-state index in [2.05, 4.69) is 4.98 Å². The molecule has 1 amide bonds. The minimum atomic E-state index is -0.619. The monoisotopic (exact) mass is 405 g/mol. The topological polar surface area (TPSA) is 63.9 Å². The Hall–Kier alpha value is -3.15. The number of carbonyl (C=O) groups is 2. The molecule has 0 radical (unpaired) electrons. The fourth-order valence-electron chi connectivity index (χ4n) is 3.89. The zero-order valence-corrected chi connectivity index (χ0v) is 17.5. The summed E-state index contributed by atoms with van der Waals surface area (Å²) in [6, 6.07) is 13.2. The van der Waals surface area contributed by atoms with Gasteiger partial charge in [0.05, 0.1) is 18.7 Å². The van der Waals surface area contributed by atoms with Crippen LogP contribution in [0.1, 0.15) is 36.6 Å². The van der Waals surface area contributed by atoms with Gasteiger partial charge < -0.3 is 14.0 Å². The van der Waals surface area contributed by atoms with Crippen LogP contribution in [0.3, 0.4) is 0 Å². The van der Waals surface area contributed by atoms with E-state index in [0.29, 0.717) is 18.7 Å². The summed E-state index contributed by atoms with van der Waals surface area (Å²) in [5, 5.41) is 0. The number of imidazole rings is 1. The first-order chi connectivity index (χ1) is 14.6. The first-order valence-electron chi connectivity index (χ1n) is 10.5. The highest BCUT2D eigenvalue weighted by molar-refractivity contribution is 5.86. The fourth-order valence-corrected chi connectivity index (χ4v) is 3.89. The third kappa shape index (κ3) is 4.37. The summed E-state index contributed by atoms with van der Waals surface area (Å²) >= 11 is 0. The Morgan fingerprint density at radius 1 is 1.20 bits per heavy atom. The number of aryl methyl sites for hydroxylation is 1. The van der Waals surface area contributed by atoms with Crippen molar-refractivity contribution in [1.82, 2.24) is 14.3 Å². The Bertz CT molecular complexity index is 1040. The molecule has 2 aromatic heterocycles. The van der Waals surface area contributed by atoms with Crippen molar-refractivity contribution in [3.8, 4) is 0 Å². The van der Waals surface area contributed by atoms with Crippen molar-refractivity contribution >= 4 is 17.5 Å². The largest absolute Gasteiger partial charge is 0.464 e. The van der Waals surface area contributed by atoms with E-state index < -0.39 is 6.04 Å². The lowest BCUT2D eigenvalue weighted by molar-refractivity contribution is -0.155. The van der Waals surface area contributed by atoms with Crippen LogP contribution in [-0.4, -0.2) is 44.9 Å². The van der Waals surface area contributed by atoms with Crippen molar-refractivity contribution in [1.29, 1.82) is 0 Å². The normalized spacial score (nSPS) is 14.5. The summed E-state index contributed by atoms with van der Waals surface area (Å²) in [6.07, 6.45) is 6.27. The summed E-state index contributed by atoms with van der Waals surface area (Å²) in [6.45, 7) is 4.09. The summed E-state index contributed by atoms with van der Waals surface area (Å²) in [7, 11) is 0. The van der Waals surface area contributed by atoms with E-state index in [1.165, 1.54) is 0 Å². The van der Waals surface area contributed by atoms with Crippen molar-refractivity contribution in [3.63, 3.8) is 0 Å². The molecule has 3 aromatic rings. The second kappa shape index (κ2) is 8.69. The van der Waals surface area contributed by atoms with E-state index in [-0.39, 0.29) is 24.3 Å². The number of esters is 1. The molecule has 0 aliphatic heterocycles. The van der Waals surface area contributed by atoms with Gasteiger partial charge in [0, 0.05) is 24.9 Å². The molecule has 2 heterocycles. The SMILES string of the molecule is CCOC(=O)C(Cc1ccccc1)N(C(=O)Cc1cn2cccc(C)c2n1)C1CC1. The number of hydrogen-bond donors (Lipinski definition) is 0. The molecule has 30 heavy (non-hydrogen) atoms. The zero-order chi connectivity index (χ0) is 21.1. The molecule has 1 saturated carbocycles. The average molecular weight is 405 g/mol. The highest BCUT2D eigenvalue weighted by atomic mass is 16.5. The van der Waals surface area contributed by atoms with Crippen LogP contribution in [0.15, 0.2) is 54.9 Å². The zero-order valence-electron chi connectivity index (χ0n) is 17.5. The molecule has 4 rings (SSSR count). The highest BCUT2D eigenvalue weighted by Crippen LogP contribution is 2.31. The maximum atomic E-state index is 13.4. The molecule has 6 heteroatoms. The molecule has 0 saturated heterocycles. The van der Waals surface area contributed by atoms with Crippen LogP contribution in [0.5, 0.6) is 0 Å². The second-order valence-electron chi connectivity index (χ2n) is 7.82. The number of aromatic nitrogens is 2. The molecule has 0 spiro atoms. The third-order valence-corrected chi connectivity index (χ3v) is 5.45. The number of ether oxygens (including phenoxy) is 1. The lowest BCUT2D eigenvalue weighted by Crippen LogP contribution is -2.49. The molecular formula is C24H27N3O3. The van der Waals surface area contributed by atoms with E-state index in [1.54, 1.807) is 11.8 Å². The first-order valence-corrected chi connectivity index (χ1v) is 10.5. The summed E-state index contributed by atoms with van der Waals surface area (Å²) < 4.78 is 7.28. The third-order valence-electron chi connectivity index (χ3n) is 5.45. The second-order valence-corrected chi connectivity index (χ2v) is 7.82. The van der Waals surface area contributed by atoms with Crippen molar-refractivity contribution in [3.05, 3.63) is 71.7 Å². The van der Waals surface area contributed by atoms with Crippen LogP contribution in [0.2, 0.25) is 0 Å². The summed E-state index contributed by atoms with van der Waals surface area (Å²) in [5.74, 6) is -0.417. The molecule has 156 valence electrons. The Morgan fingerprint density at radius 2 is 1.97 bits per heavy atom. The van der Waals surface area contributed by atoms with Gasteiger partial charge in [-0.1, -0.05) is 36.4 Å². The number of amides is 1. The van der Waals surface area contributed by atoms with Crippen LogP contribution >= 0.6 is 0 Å². The van der Waals surface area contributed by atoms with Gasteiger partial charge in [-0.25, -0.2) is 9.78 Å². The fraction of sp³-hybridized carbons (Fsp3) is 0.375. The van der Waals surface area contributed by atoms with Gasteiger partial charge in [-0.3, -0.25) is 4.79 Å². The highest BCUT2D eigenvalue weighted by Gasteiger charge is 2.41. The molecular weight excluding hydrogens is 378 g/mol. The van der Waals surface area contributed by atoms with Crippen LogP contribution in [0.4, 0.5) is 0 Å². The standard InChI is InChI=1S/C24H27N3O3/c1-3-30-24(29)21(14-18-9-5-4-6-10-18)27(20-11-12-20)22(28)15-19-16-26-13-7-8-17(2)23(26)25-19/h4-10,13,16,20-21H,3,11-12,14-15H2,1-2H3. The van der Waals surface area contributed by atoms with Crippen LogP contribution in [0.25, 0.3) is 5.65 Å². The lowest BCUT2D eigenvalue weighted by atomic mass is 10.0. The Kier molecular flexibility index (Phi) is 5.84. The summed E-state index contributed by atoms with van der Waals surface area (Å²) in [5.41, 5.74) is 3.63. The van der Waals surface area contributed by atoms with Gasteiger partial charge in [0.1, 0.15) is 11.7 Å². The van der Waals surface area contributed by atoms with Gasteiger partial charge in [0.2, 0.25) is 5.91 Å². The molecule has 1 aromatic carbocycles. The van der Waals surface area contributed by atoms with Gasteiger partial charge in [-0.05, 0) is 43.9 Å². The predicted molar refractivity (Wildman–Crippen MR) is 114 cm³/mol. The van der Waals surface area contributed by atoms with Gasteiger partial charge in [0.15, 0.2) is 0 Å². The minimum absolute atomic E-state index is 0.0763. The van der Waals surface area contributed by atoms with E-state index >= 15 is 0 Å². The van der Waals surface area contributed by atoms with Crippen molar-refractivity contribution < 1.29 is 14.3 Å². The Balaban J connectivity index is 1.59. The van der Waals surface area contributed by atoms with E-state index in [9.17, 15) is 9.59 Å². The van der Waals surface area contributed by atoms with Crippen LogP contribution in [-0.2, 0) is 27.2 Å². The Morgan fingerprint density at radius 3 is 2.63 bits per heavy atom. The number of benzene rings is 1. The van der Waals surface area contributed by atoms with Gasteiger partial charge >= 0.3 is 5.97 Å². The molecule has 1 aliphatic rings. The van der Waals surface area contributed by atoms with Crippen molar-refractivity contribution in [2.45, 2.75) is 51.6 Å². The quantitative estimate of drug-likeness (QED) is 0.539. The maximum Gasteiger partial charge on any atom is 0.329 e. The molecule has 0 N–H and O–H groups in total. The molecule has 1 aliphatic carbocycles.